The second-order valence-electron chi connectivity index (χ2n) is 6.90. The predicted octanol–water partition coefficient (Wildman–Crippen LogP) is 3.46. The Kier molecular flexibility index (Phi) is 7.37. The molecule has 0 unspecified atom stereocenters. The number of hydrogen-bond acceptors (Lipinski definition) is 5. The number of alkyl halides is 3. The van der Waals surface area contributed by atoms with E-state index < -0.39 is 17.8 Å². The highest BCUT2D eigenvalue weighted by Gasteiger charge is 2.36. The molecule has 3 N–H and O–H groups in total. The highest BCUT2D eigenvalue weighted by Crippen LogP contribution is 2.30. The Morgan fingerprint density at radius 2 is 1.88 bits per heavy atom. The van der Waals surface area contributed by atoms with Gasteiger partial charge in [0, 0.05) is 37.0 Å². The molecule has 0 saturated heterocycles. The number of hydrogen-bond donors (Lipinski definition) is 3. The predicted molar refractivity (Wildman–Crippen MR) is 115 cm³/mol. The molecule has 0 aliphatic heterocycles. The maximum atomic E-state index is 13.4. The number of nitrogens with zero attached hydrogens (tertiary/aromatic N) is 2. The van der Waals surface area contributed by atoms with Crippen molar-refractivity contribution in [3.05, 3.63) is 71.5 Å². The van der Waals surface area contributed by atoms with Crippen LogP contribution in [0.15, 0.2) is 54.6 Å². The second kappa shape index (κ2) is 10.2. The lowest BCUT2D eigenvalue weighted by molar-refractivity contribution is -0.141. The molecule has 0 saturated carbocycles. The number of benzene rings is 2. The van der Waals surface area contributed by atoms with E-state index in [-0.39, 0.29) is 12.2 Å². The number of nitrogens with one attached hydrogen (secondary N) is 3. The molecule has 0 radical (unpaired) electrons. The van der Waals surface area contributed by atoms with E-state index in [1.165, 1.54) is 7.11 Å². The molecule has 3 rings (SSSR count). The summed E-state index contributed by atoms with van der Waals surface area (Å²) in [7, 11) is 3.32. The van der Waals surface area contributed by atoms with Crippen molar-refractivity contribution in [3.63, 3.8) is 0 Å². The van der Waals surface area contributed by atoms with E-state index in [0.717, 1.165) is 10.7 Å². The maximum Gasteiger partial charge on any atom is 0.435 e. The van der Waals surface area contributed by atoms with Crippen LogP contribution < -0.4 is 20.7 Å². The number of aromatic nitrogens is 2. The Morgan fingerprint density at radius 1 is 1.09 bits per heavy atom. The number of para-hydroxylation sites is 1. The minimum absolute atomic E-state index is 0.0843. The van der Waals surface area contributed by atoms with Crippen LogP contribution >= 0.6 is 0 Å². The summed E-state index contributed by atoms with van der Waals surface area (Å²) in [5, 5.41) is 12.5. The fourth-order valence-corrected chi connectivity index (χ4v) is 3.07. The molecule has 170 valence electrons. The summed E-state index contributed by atoms with van der Waals surface area (Å²) < 4.78 is 46.3. The third-order valence-electron chi connectivity index (χ3n) is 4.66. The molecule has 7 nitrogen and oxygen atoms in total. The Bertz CT molecular complexity index is 1070. The van der Waals surface area contributed by atoms with Gasteiger partial charge in [-0.3, -0.25) is 4.79 Å². The van der Waals surface area contributed by atoms with Gasteiger partial charge in [-0.1, -0.05) is 24.3 Å². The summed E-state index contributed by atoms with van der Waals surface area (Å²) in [5.41, 5.74) is 0.355. The third kappa shape index (κ3) is 5.58. The largest absolute Gasteiger partial charge is 0.496 e. The molecule has 0 aliphatic carbocycles. The van der Waals surface area contributed by atoms with Crippen LogP contribution in [0.25, 0.3) is 5.69 Å². The highest BCUT2D eigenvalue weighted by molar-refractivity contribution is 5.93. The minimum atomic E-state index is -4.69. The molecule has 0 bridgehead atoms. The van der Waals surface area contributed by atoms with Crippen molar-refractivity contribution < 1.29 is 22.7 Å². The smallest absolute Gasteiger partial charge is 0.435 e. The van der Waals surface area contributed by atoms with Gasteiger partial charge in [0.25, 0.3) is 5.91 Å². The van der Waals surface area contributed by atoms with Gasteiger partial charge in [-0.05, 0) is 31.3 Å². The molecular formula is C22H24F3N5O2. The van der Waals surface area contributed by atoms with Crippen LogP contribution in [0.5, 0.6) is 5.75 Å². The van der Waals surface area contributed by atoms with Crippen molar-refractivity contribution in [1.29, 1.82) is 0 Å². The van der Waals surface area contributed by atoms with Gasteiger partial charge < -0.3 is 20.7 Å². The second-order valence-corrected chi connectivity index (χ2v) is 6.90. The van der Waals surface area contributed by atoms with E-state index >= 15 is 0 Å². The molecule has 1 aromatic heterocycles. The molecular weight excluding hydrogens is 423 g/mol. The van der Waals surface area contributed by atoms with Crippen LogP contribution in [0.4, 0.5) is 18.9 Å². The van der Waals surface area contributed by atoms with Crippen molar-refractivity contribution in [1.82, 2.24) is 20.4 Å². The molecule has 0 spiro atoms. The zero-order chi connectivity index (χ0) is 23.1. The maximum absolute atomic E-state index is 13.4. The molecule has 0 atom stereocenters. The van der Waals surface area contributed by atoms with Crippen LogP contribution in [0.2, 0.25) is 0 Å². The number of ether oxygens (including phenoxy) is 1. The van der Waals surface area contributed by atoms with E-state index in [0.29, 0.717) is 35.8 Å². The lowest BCUT2D eigenvalue weighted by Gasteiger charge is -2.12. The Balaban J connectivity index is 1.89. The van der Waals surface area contributed by atoms with Crippen molar-refractivity contribution in [2.24, 2.45) is 0 Å². The Hall–Kier alpha value is -3.53. The number of halogens is 3. The van der Waals surface area contributed by atoms with Gasteiger partial charge in [0.15, 0.2) is 5.69 Å². The van der Waals surface area contributed by atoms with E-state index in [1.54, 1.807) is 48.5 Å². The number of methoxy groups -OCH3 is 1. The summed E-state index contributed by atoms with van der Waals surface area (Å²) >= 11 is 0. The van der Waals surface area contributed by atoms with E-state index in [2.05, 4.69) is 21.0 Å². The molecule has 1 heterocycles. The molecule has 3 aromatic rings. The summed E-state index contributed by atoms with van der Waals surface area (Å²) in [6, 6.07) is 14.5. The standard InChI is InChI=1S/C22H24F3N5O2/c1-26-10-11-27-16-7-5-8-17(12-16)30-18(13-20(29-30)22(23,24)25)21(31)28-14-15-6-3-4-9-19(15)32-2/h3-9,12-13,26-27H,10-11,14H2,1-2H3,(H,28,31). The number of likely N-dealkylation sites (N-methyl/N-ethyl adjacent to an activating group) is 1. The number of rotatable bonds is 9. The van der Waals surface area contributed by atoms with Crippen LogP contribution in [0.1, 0.15) is 21.7 Å². The monoisotopic (exact) mass is 447 g/mol. The summed E-state index contributed by atoms with van der Waals surface area (Å²) in [4.78, 5) is 12.8. The lowest BCUT2D eigenvalue weighted by Crippen LogP contribution is -2.25. The fourth-order valence-electron chi connectivity index (χ4n) is 3.07. The summed E-state index contributed by atoms with van der Waals surface area (Å²) in [6.45, 7) is 1.42. The average molecular weight is 447 g/mol. The molecule has 0 fully saturated rings. The summed E-state index contributed by atoms with van der Waals surface area (Å²) in [5.74, 6) is -0.120. The van der Waals surface area contributed by atoms with Gasteiger partial charge in [0.05, 0.1) is 12.8 Å². The number of amides is 1. The quantitative estimate of drug-likeness (QED) is 0.438. The fraction of sp³-hybridized carbons (Fsp3) is 0.273. The first-order valence-electron chi connectivity index (χ1n) is 9.89. The van der Waals surface area contributed by atoms with Crippen LogP contribution in [-0.2, 0) is 12.7 Å². The normalized spacial score (nSPS) is 11.3. The topological polar surface area (TPSA) is 80.2 Å². The van der Waals surface area contributed by atoms with Crippen LogP contribution in [-0.4, -0.2) is 42.9 Å². The van der Waals surface area contributed by atoms with Crippen LogP contribution in [0, 0.1) is 0 Å². The minimum Gasteiger partial charge on any atom is -0.496 e. The first-order valence-corrected chi connectivity index (χ1v) is 9.89. The summed E-state index contributed by atoms with van der Waals surface area (Å²) in [6.07, 6.45) is -4.69. The van der Waals surface area contributed by atoms with Gasteiger partial charge in [0.1, 0.15) is 11.4 Å². The molecule has 10 heteroatoms. The SMILES string of the molecule is CNCCNc1cccc(-n2nc(C(F)(F)F)cc2C(=O)NCc2ccccc2OC)c1. The first kappa shape index (κ1) is 23.1. The van der Waals surface area contributed by atoms with Gasteiger partial charge >= 0.3 is 6.18 Å². The van der Waals surface area contributed by atoms with E-state index in [1.807, 2.05) is 7.05 Å². The third-order valence-corrected chi connectivity index (χ3v) is 4.66. The molecule has 32 heavy (non-hydrogen) atoms. The van der Waals surface area contributed by atoms with Gasteiger partial charge in [0.2, 0.25) is 0 Å². The Labute approximate surface area is 183 Å². The van der Waals surface area contributed by atoms with Crippen molar-refractivity contribution in [2.45, 2.75) is 12.7 Å². The molecule has 0 aliphatic rings. The van der Waals surface area contributed by atoms with Crippen molar-refractivity contribution >= 4 is 11.6 Å². The van der Waals surface area contributed by atoms with Gasteiger partial charge in [-0.25, -0.2) is 4.68 Å². The molecule has 2 aromatic carbocycles. The number of carbonyl (C=O) groups is 1. The Morgan fingerprint density at radius 3 is 2.59 bits per heavy atom. The number of carbonyl (C=O) groups excluding carboxylic acids is 1. The molecule has 1 amide bonds. The highest BCUT2D eigenvalue weighted by atomic mass is 19.4. The first-order chi connectivity index (χ1) is 15.3. The van der Waals surface area contributed by atoms with Crippen molar-refractivity contribution in [2.75, 3.05) is 32.6 Å². The lowest BCUT2D eigenvalue weighted by atomic mass is 10.2. The zero-order valence-electron chi connectivity index (χ0n) is 17.7. The van der Waals surface area contributed by atoms with Gasteiger partial charge in [-0.2, -0.15) is 18.3 Å². The number of anilines is 1. The van der Waals surface area contributed by atoms with E-state index in [4.69, 9.17) is 4.74 Å². The van der Waals surface area contributed by atoms with E-state index in [9.17, 15) is 18.0 Å². The van der Waals surface area contributed by atoms with Crippen molar-refractivity contribution in [3.8, 4) is 11.4 Å². The van der Waals surface area contributed by atoms with Crippen LogP contribution in [0.3, 0.4) is 0 Å². The zero-order valence-corrected chi connectivity index (χ0v) is 17.7. The van der Waals surface area contributed by atoms with Gasteiger partial charge in [-0.15, -0.1) is 0 Å². The average Bonchev–Trinajstić information content (AvgIpc) is 3.24.